The van der Waals surface area contributed by atoms with E-state index in [4.69, 9.17) is 15.7 Å². The maximum absolute atomic E-state index is 11.0. The number of hydrogen-bond donors (Lipinski definition) is 2. The van der Waals surface area contributed by atoms with Crippen LogP contribution in [0.25, 0.3) is 0 Å². The van der Waals surface area contributed by atoms with Gasteiger partial charge in [-0.25, -0.2) is 0 Å². The van der Waals surface area contributed by atoms with Crippen LogP contribution in [0, 0.1) is 11.5 Å². The molecule has 0 aromatic carbocycles. The molecule has 0 fully saturated rings. The fourth-order valence-electron chi connectivity index (χ4n) is 0.541. The van der Waals surface area contributed by atoms with Gasteiger partial charge in [-0.05, 0) is 0 Å². The number of carbonyl (C=O) groups excluding carboxylic acids is 1. The zero-order valence-corrected chi connectivity index (χ0v) is 8.33. The normalized spacial score (nSPS) is 10.9. The molecule has 3 N–H and O–H groups in total. The SMILES string of the molecule is CC(C)(C)OC(=O)NC(N)=BOC#N. The summed E-state index contributed by atoms with van der Waals surface area (Å²) in [7, 11) is 0.907. The number of rotatable bonds is 2. The third-order valence-corrected chi connectivity index (χ3v) is 0.884. The van der Waals surface area contributed by atoms with Gasteiger partial charge < -0.3 is 0 Å². The van der Waals surface area contributed by atoms with E-state index in [-0.39, 0.29) is 5.71 Å². The molecule has 0 bridgehead atoms. The summed E-state index contributed by atoms with van der Waals surface area (Å²) in [4.78, 5) is 11.0. The van der Waals surface area contributed by atoms with Crippen LogP contribution in [0.3, 0.4) is 0 Å². The molecule has 0 aliphatic carbocycles. The summed E-state index contributed by atoms with van der Waals surface area (Å²) >= 11 is 0. The van der Waals surface area contributed by atoms with E-state index in [0.29, 0.717) is 0 Å². The number of nitrogens with zero attached hydrogens (tertiary/aromatic N) is 1. The van der Waals surface area contributed by atoms with Gasteiger partial charge in [-0.2, -0.15) is 0 Å². The van der Waals surface area contributed by atoms with Gasteiger partial charge in [0.05, 0.1) is 0 Å². The molecule has 0 atom stereocenters. The molecule has 6 nitrogen and oxygen atoms in total. The van der Waals surface area contributed by atoms with E-state index in [1.54, 1.807) is 20.8 Å². The first-order valence-electron chi connectivity index (χ1n) is 3.85. The van der Waals surface area contributed by atoms with Gasteiger partial charge in [0.25, 0.3) is 0 Å². The van der Waals surface area contributed by atoms with Gasteiger partial charge in [-0.1, -0.05) is 0 Å². The summed E-state index contributed by atoms with van der Waals surface area (Å²) in [6, 6.07) is 0. The van der Waals surface area contributed by atoms with E-state index in [1.807, 2.05) is 0 Å². The van der Waals surface area contributed by atoms with Crippen molar-refractivity contribution in [1.29, 1.82) is 5.26 Å². The monoisotopic (exact) mass is 197 g/mol. The van der Waals surface area contributed by atoms with Crippen molar-refractivity contribution in [2.45, 2.75) is 26.4 Å². The van der Waals surface area contributed by atoms with E-state index in [9.17, 15) is 4.79 Å². The van der Waals surface area contributed by atoms with Gasteiger partial charge in [0.1, 0.15) is 0 Å². The number of nitrogens with two attached hydrogens (primary N) is 1. The Morgan fingerprint density at radius 3 is 2.57 bits per heavy atom. The first-order chi connectivity index (χ1) is 6.35. The van der Waals surface area contributed by atoms with Gasteiger partial charge in [-0.15, -0.1) is 0 Å². The first kappa shape index (κ1) is 12.3. The molecular weight excluding hydrogens is 185 g/mol. The summed E-state index contributed by atoms with van der Waals surface area (Å²) in [5, 5.41) is 10.2. The number of amides is 1. The molecule has 1 amide bonds. The average molecular weight is 197 g/mol. The molecule has 0 heterocycles. The van der Waals surface area contributed by atoms with Crippen LogP contribution in [0.15, 0.2) is 0 Å². The molecule has 0 rings (SSSR count). The second-order valence-corrected chi connectivity index (χ2v) is 3.41. The summed E-state index contributed by atoms with van der Waals surface area (Å²) in [6.45, 7) is 5.16. The summed E-state index contributed by atoms with van der Waals surface area (Å²) in [6.07, 6.45) is 0.670. The fraction of sp³-hybridized carbons (Fsp3) is 0.571. The predicted molar refractivity (Wildman–Crippen MR) is 51.0 cm³/mol. The number of alkyl carbamates (subject to hydrolysis) is 1. The molecule has 0 aromatic heterocycles. The topological polar surface area (TPSA) is 97.4 Å². The second kappa shape index (κ2) is 5.12. The molecule has 0 spiro atoms. The standard InChI is InChI=1S/C7H12BN3O3/c1-7(2,3)14-6(12)11-5(10)8-13-4-9/h10H2,1-3H3,(H,11,12). The molecule has 0 radical (unpaired) electrons. The Bertz CT molecular complexity index is 277. The molecule has 0 saturated heterocycles. The first-order valence-corrected chi connectivity index (χ1v) is 3.85. The van der Waals surface area contributed by atoms with Crippen molar-refractivity contribution in [3.05, 3.63) is 0 Å². The Kier molecular flexibility index (Phi) is 4.49. The zero-order chi connectivity index (χ0) is 11.2. The molecular formula is C7H12BN3O3. The maximum atomic E-state index is 11.0. The minimum atomic E-state index is -0.701. The van der Waals surface area contributed by atoms with Crippen LogP contribution in [0.4, 0.5) is 4.79 Å². The van der Waals surface area contributed by atoms with Crippen LogP contribution in [0.5, 0.6) is 0 Å². The average Bonchev–Trinajstić information content (AvgIpc) is 1.96. The number of hydrogen-bond acceptors (Lipinski definition) is 5. The number of nitriles is 1. The predicted octanol–water partition coefficient (Wildman–Crippen LogP) is -0.326. The number of nitrogens with one attached hydrogen (secondary N) is 1. The van der Waals surface area contributed by atoms with Crippen molar-refractivity contribution in [3.8, 4) is 6.26 Å². The Labute approximate surface area is 82.9 Å². The minimum absolute atomic E-state index is 0.0965. The van der Waals surface area contributed by atoms with Crippen LogP contribution in [0.2, 0.25) is 0 Å². The Morgan fingerprint density at radius 2 is 2.14 bits per heavy atom. The third kappa shape index (κ3) is 6.97. The van der Waals surface area contributed by atoms with Crippen molar-refractivity contribution in [3.63, 3.8) is 0 Å². The van der Waals surface area contributed by atoms with Gasteiger partial charge in [-0.3, -0.25) is 0 Å². The van der Waals surface area contributed by atoms with Crippen molar-refractivity contribution in [2.24, 2.45) is 5.73 Å². The molecule has 7 heteroatoms. The van der Waals surface area contributed by atoms with E-state index in [1.165, 1.54) is 6.26 Å². The van der Waals surface area contributed by atoms with Gasteiger partial charge >= 0.3 is 82.1 Å². The van der Waals surface area contributed by atoms with E-state index in [2.05, 4.69) is 9.97 Å². The summed E-state index contributed by atoms with van der Waals surface area (Å²) in [5.74, 6) is 0. The van der Waals surface area contributed by atoms with Crippen molar-refractivity contribution >= 4 is 18.9 Å². The summed E-state index contributed by atoms with van der Waals surface area (Å²) < 4.78 is 9.05. The summed E-state index contributed by atoms with van der Waals surface area (Å²) in [5.41, 5.74) is 4.56. The molecule has 0 aliphatic rings. The van der Waals surface area contributed by atoms with Crippen LogP contribution in [0.1, 0.15) is 20.8 Å². The van der Waals surface area contributed by atoms with E-state index < -0.39 is 11.7 Å². The van der Waals surface area contributed by atoms with E-state index >= 15 is 0 Å². The third-order valence-electron chi connectivity index (χ3n) is 0.884. The number of carbonyl (C=O) groups is 1. The van der Waals surface area contributed by atoms with Crippen molar-refractivity contribution < 1.29 is 14.2 Å². The second-order valence-electron chi connectivity index (χ2n) is 3.41. The molecule has 0 saturated carbocycles. The van der Waals surface area contributed by atoms with Crippen LogP contribution >= 0.6 is 0 Å². The molecule has 0 unspecified atom stereocenters. The Balaban J connectivity index is 4.02. The van der Waals surface area contributed by atoms with Crippen LogP contribution in [-0.4, -0.2) is 24.5 Å². The molecule has 14 heavy (non-hydrogen) atoms. The fourth-order valence-corrected chi connectivity index (χ4v) is 0.541. The van der Waals surface area contributed by atoms with E-state index in [0.717, 1.165) is 7.12 Å². The van der Waals surface area contributed by atoms with Crippen molar-refractivity contribution in [1.82, 2.24) is 5.32 Å². The quantitative estimate of drug-likeness (QED) is 0.466. The van der Waals surface area contributed by atoms with Crippen LogP contribution < -0.4 is 11.1 Å². The Hall–Kier alpha value is -1.71. The Morgan fingerprint density at radius 1 is 1.57 bits per heavy atom. The van der Waals surface area contributed by atoms with Crippen molar-refractivity contribution in [2.75, 3.05) is 0 Å². The van der Waals surface area contributed by atoms with Gasteiger partial charge in [0.2, 0.25) is 0 Å². The zero-order valence-electron chi connectivity index (χ0n) is 8.33. The van der Waals surface area contributed by atoms with Crippen LogP contribution in [-0.2, 0) is 9.39 Å². The molecule has 0 aromatic rings. The molecule has 76 valence electrons. The molecule has 0 aliphatic heterocycles. The van der Waals surface area contributed by atoms with Gasteiger partial charge in [0.15, 0.2) is 0 Å². The van der Waals surface area contributed by atoms with Gasteiger partial charge in [0, 0.05) is 0 Å². The number of ether oxygens (including phenoxy) is 1.